The van der Waals surface area contributed by atoms with Gasteiger partial charge >= 0.3 is 7.82 Å². The van der Waals surface area contributed by atoms with E-state index < -0.39 is 7.82 Å². The van der Waals surface area contributed by atoms with E-state index in [1.165, 1.54) is 89.9 Å². The third-order valence-corrected chi connectivity index (χ3v) is 7.58. The number of rotatable bonds is 28. The normalized spacial score (nSPS) is 14.2. The first kappa shape index (κ1) is 34.7. The van der Waals surface area contributed by atoms with Gasteiger partial charge in [0.15, 0.2) is 0 Å². The van der Waals surface area contributed by atoms with Gasteiger partial charge in [-0.05, 0) is 45.7 Å². The molecule has 0 aromatic heterocycles. The lowest BCUT2D eigenvalue weighted by Crippen LogP contribution is -2.13. The number of carbonyl (C=O) groups excluding carboxylic acids is 1. The van der Waals surface area contributed by atoms with Crippen LogP contribution in [0, 0.1) is 5.92 Å². The number of unbranched alkanes of at least 4 members (excludes halogenated alkanes) is 16. The predicted molar refractivity (Wildman–Crippen MR) is 148 cm³/mol. The van der Waals surface area contributed by atoms with Crippen LogP contribution >= 0.6 is 7.82 Å². The fraction of sp³-hybridized carbons (Fsp3) is 0.964. The zero-order valence-corrected chi connectivity index (χ0v) is 24.3. The lowest BCUT2D eigenvalue weighted by atomic mass is 9.96. The van der Waals surface area contributed by atoms with Crippen LogP contribution in [0.3, 0.4) is 0 Å². The van der Waals surface area contributed by atoms with Crippen LogP contribution in [0.2, 0.25) is 0 Å². The van der Waals surface area contributed by atoms with Crippen LogP contribution in [0.1, 0.15) is 142 Å². The number of hydrogen-bond acceptors (Lipinski definition) is 5. The van der Waals surface area contributed by atoms with Gasteiger partial charge in [-0.25, -0.2) is 4.57 Å². The Labute approximate surface area is 217 Å². The molecular weight excluding hydrogens is 461 g/mol. The minimum Gasteiger partial charge on any atom is -0.320 e. The van der Waals surface area contributed by atoms with Crippen LogP contribution in [0.15, 0.2) is 0 Å². The van der Waals surface area contributed by atoms with Crippen LogP contribution in [0.4, 0.5) is 0 Å². The summed E-state index contributed by atoms with van der Waals surface area (Å²) in [6, 6.07) is 0. The molecule has 0 aromatic rings. The Kier molecular flexibility index (Phi) is 25.2. The van der Waals surface area contributed by atoms with Crippen LogP contribution < -0.4 is 5.32 Å². The molecule has 0 saturated carbocycles. The number of carbonyl (C=O) groups is 1. The number of nitrogens with one attached hydrogen (secondary N) is 1. The van der Waals surface area contributed by atoms with Gasteiger partial charge in [-0.1, -0.05) is 110 Å². The molecular formula is C28H58NO5P. The van der Waals surface area contributed by atoms with Crippen molar-refractivity contribution in [3.63, 3.8) is 0 Å². The Bertz CT molecular complexity index is 518. The molecule has 2 N–H and O–H groups in total. The summed E-state index contributed by atoms with van der Waals surface area (Å²) in [6.07, 6.45) is 24.1. The van der Waals surface area contributed by atoms with Gasteiger partial charge in [-0.2, -0.15) is 0 Å². The molecule has 210 valence electrons. The van der Waals surface area contributed by atoms with Gasteiger partial charge in [0.1, 0.15) is 5.78 Å². The van der Waals surface area contributed by atoms with E-state index in [4.69, 9.17) is 9.05 Å². The molecule has 0 spiro atoms. The zero-order chi connectivity index (χ0) is 26.0. The van der Waals surface area contributed by atoms with E-state index in [1.54, 1.807) is 6.92 Å². The molecule has 0 amide bonds. The molecule has 2 atom stereocenters. The Morgan fingerprint density at radius 1 is 0.771 bits per heavy atom. The molecule has 0 saturated heterocycles. The van der Waals surface area contributed by atoms with E-state index in [0.717, 1.165) is 32.2 Å². The number of hydrogen-bond donors (Lipinski definition) is 2. The summed E-state index contributed by atoms with van der Waals surface area (Å²) in [7, 11) is -2.18. The standard InChI is InChI=1S/C28H58NO5P/c1-4-5-6-7-8-9-10-11-12-13-14-15-16-17-18-19-22-28(25-27(2)30)26-34-35(31,32)33-24-21-20-23-29-3/h28-29H,4-26H2,1-3H3,(H,31,32). The Morgan fingerprint density at radius 2 is 1.26 bits per heavy atom. The third-order valence-electron chi connectivity index (χ3n) is 6.59. The highest BCUT2D eigenvalue weighted by Crippen LogP contribution is 2.44. The number of phosphoric acid groups is 1. The average molecular weight is 520 g/mol. The van der Waals surface area contributed by atoms with E-state index in [-0.39, 0.29) is 24.9 Å². The largest absolute Gasteiger partial charge is 0.472 e. The molecule has 7 heteroatoms. The summed E-state index contributed by atoms with van der Waals surface area (Å²) in [5.74, 6) is 0.0726. The Hall–Kier alpha value is -0.260. The molecule has 0 aliphatic carbocycles. The van der Waals surface area contributed by atoms with Crippen LogP contribution in [-0.4, -0.2) is 37.5 Å². The Morgan fingerprint density at radius 3 is 1.71 bits per heavy atom. The quantitative estimate of drug-likeness (QED) is 0.0798. The van der Waals surface area contributed by atoms with Crippen LogP contribution in [0.25, 0.3) is 0 Å². The number of Topliss-reactive ketones (excluding diaryl/α,β-unsaturated/α-hetero) is 1. The van der Waals surface area contributed by atoms with Gasteiger partial charge in [-0.3, -0.25) is 9.05 Å². The average Bonchev–Trinajstić information content (AvgIpc) is 2.81. The van der Waals surface area contributed by atoms with Crippen molar-refractivity contribution in [1.82, 2.24) is 5.32 Å². The number of ketones is 1. The van der Waals surface area contributed by atoms with E-state index >= 15 is 0 Å². The summed E-state index contributed by atoms with van der Waals surface area (Å²) in [6.45, 7) is 4.99. The highest BCUT2D eigenvalue weighted by Gasteiger charge is 2.23. The molecule has 6 nitrogen and oxygen atoms in total. The van der Waals surface area contributed by atoms with Gasteiger partial charge in [0.2, 0.25) is 0 Å². The maximum absolute atomic E-state index is 12.1. The summed E-state index contributed by atoms with van der Waals surface area (Å²) in [4.78, 5) is 21.5. The molecule has 2 unspecified atom stereocenters. The minimum atomic E-state index is -4.05. The van der Waals surface area contributed by atoms with Gasteiger partial charge in [0.05, 0.1) is 13.2 Å². The summed E-state index contributed by atoms with van der Waals surface area (Å²) in [5.41, 5.74) is 0. The number of phosphoric ester groups is 1. The van der Waals surface area contributed by atoms with E-state index in [9.17, 15) is 14.3 Å². The lowest BCUT2D eigenvalue weighted by Gasteiger charge is -2.18. The molecule has 0 fully saturated rings. The van der Waals surface area contributed by atoms with E-state index in [2.05, 4.69) is 12.2 Å². The first-order valence-electron chi connectivity index (χ1n) is 14.7. The van der Waals surface area contributed by atoms with Crippen molar-refractivity contribution < 1.29 is 23.3 Å². The molecule has 0 rings (SSSR count). The fourth-order valence-electron chi connectivity index (χ4n) is 4.45. The van der Waals surface area contributed by atoms with Crippen LogP contribution in [-0.2, 0) is 18.4 Å². The highest BCUT2D eigenvalue weighted by molar-refractivity contribution is 7.47. The third kappa shape index (κ3) is 26.6. The predicted octanol–water partition coefficient (Wildman–Crippen LogP) is 8.37. The summed E-state index contributed by atoms with van der Waals surface area (Å²) >= 11 is 0. The van der Waals surface area contributed by atoms with E-state index in [1.807, 2.05) is 7.05 Å². The monoisotopic (exact) mass is 519 g/mol. The van der Waals surface area contributed by atoms with Crippen molar-refractivity contribution in [3.8, 4) is 0 Å². The molecule has 0 aliphatic rings. The first-order valence-corrected chi connectivity index (χ1v) is 16.2. The molecule has 0 heterocycles. The van der Waals surface area contributed by atoms with Crippen molar-refractivity contribution in [2.75, 3.05) is 26.8 Å². The Balaban J connectivity index is 3.72. The second kappa shape index (κ2) is 25.4. The maximum Gasteiger partial charge on any atom is 0.472 e. The van der Waals surface area contributed by atoms with Gasteiger partial charge in [-0.15, -0.1) is 0 Å². The lowest BCUT2D eigenvalue weighted by molar-refractivity contribution is -0.118. The van der Waals surface area contributed by atoms with Gasteiger partial charge in [0.25, 0.3) is 0 Å². The zero-order valence-electron chi connectivity index (χ0n) is 23.4. The van der Waals surface area contributed by atoms with Crippen molar-refractivity contribution in [3.05, 3.63) is 0 Å². The maximum atomic E-state index is 12.1. The second-order valence-electron chi connectivity index (χ2n) is 10.3. The summed E-state index contributed by atoms with van der Waals surface area (Å²) in [5, 5.41) is 3.03. The summed E-state index contributed by atoms with van der Waals surface area (Å²) < 4.78 is 22.3. The van der Waals surface area contributed by atoms with Crippen LogP contribution in [0.5, 0.6) is 0 Å². The smallest absolute Gasteiger partial charge is 0.320 e. The second-order valence-corrected chi connectivity index (χ2v) is 11.7. The first-order chi connectivity index (χ1) is 16.9. The molecule has 0 radical (unpaired) electrons. The fourth-order valence-corrected chi connectivity index (χ4v) is 5.29. The van der Waals surface area contributed by atoms with Gasteiger partial charge < -0.3 is 15.0 Å². The van der Waals surface area contributed by atoms with E-state index in [0.29, 0.717) is 12.8 Å². The highest BCUT2D eigenvalue weighted by atomic mass is 31.2. The van der Waals surface area contributed by atoms with Gasteiger partial charge in [0, 0.05) is 6.42 Å². The van der Waals surface area contributed by atoms with Crippen molar-refractivity contribution in [2.24, 2.45) is 5.92 Å². The van der Waals surface area contributed by atoms with Crippen molar-refractivity contribution >= 4 is 13.6 Å². The molecule has 0 bridgehead atoms. The molecule has 0 aliphatic heterocycles. The van der Waals surface area contributed by atoms with Crippen molar-refractivity contribution in [2.45, 2.75) is 142 Å². The minimum absolute atomic E-state index is 0.0208. The topological polar surface area (TPSA) is 84.9 Å². The molecule has 35 heavy (non-hydrogen) atoms. The van der Waals surface area contributed by atoms with Crippen molar-refractivity contribution in [1.29, 1.82) is 0 Å². The SMILES string of the molecule is CCCCCCCCCCCCCCCCCCC(COP(=O)(O)OCCCCNC)CC(C)=O. The molecule has 0 aromatic carbocycles.